The minimum Gasteiger partial charge on any atom is -0.103 e. The zero-order chi connectivity index (χ0) is 10.7. The fourth-order valence-corrected chi connectivity index (χ4v) is 3.08. The van der Waals surface area contributed by atoms with Gasteiger partial charge in [-0.25, -0.2) is 0 Å². The molecule has 84 valence electrons. The summed E-state index contributed by atoms with van der Waals surface area (Å²) in [5.41, 5.74) is 1.79. The maximum atomic E-state index is 3.92. The minimum absolute atomic E-state index is 0.810. The lowest BCUT2D eigenvalue weighted by Crippen LogP contribution is -2.17. The molecular weight excluding hydrogens is 180 g/mol. The van der Waals surface area contributed by atoms with Crippen molar-refractivity contribution in [3.63, 3.8) is 0 Å². The predicted molar refractivity (Wildman–Crippen MR) is 66.7 cm³/mol. The van der Waals surface area contributed by atoms with Gasteiger partial charge in [-0.05, 0) is 62.7 Å². The molecule has 0 nitrogen and oxygen atoms in total. The van der Waals surface area contributed by atoms with Gasteiger partial charge in [-0.15, -0.1) is 6.58 Å². The van der Waals surface area contributed by atoms with E-state index >= 15 is 0 Å². The average Bonchev–Trinajstić information content (AvgIpc) is 2.30. The lowest BCUT2D eigenvalue weighted by molar-refractivity contribution is 0.329. The lowest BCUT2D eigenvalue weighted by atomic mass is 9.75. The molecule has 0 heteroatoms. The first-order valence-corrected chi connectivity index (χ1v) is 6.61. The summed E-state index contributed by atoms with van der Waals surface area (Å²) in [7, 11) is 0. The highest BCUT2D eigenvalue weighted by Gasteiger charge is 2.23. The number of hydrogen-bond donors (Lipinski definition) is 0. The van der Waals surface area contributed by atoms with Gasteiger partial charge in [0, 0.05) is 0 Å². The van der Waals surface area contributed by atoms with E-state index in [1.54, 1.807) is 5.57 Å². The fourth-order valence-electron chi connectivity index (χ4n) is 3.08. The van der Waals surface area contributed by atoms with Crippen molar-refractivity contribution in [3.8, 4) is 0 Å². The zero-order valence-electron chi connectivity index (χ0n) is 10.0. The van der Waals surface area contributed by atoms with Crippen LogP contribution in [-0.2, 0) is 0 Å². The molecule has 0 N–H and O–H groups in total. The van der Waals surface area contributed by atoms with Gasteiger partial charge >= 0.3 is 0 Å². The third-order valence-corrected chi connectivity index (χ3v) is 4.34. The number of allylic oxidation sites excluding steroid dienone is 3. The van der Waals surface area contributed by atoms with E-state index in [2.05, 4.69) is 25.7 Å². The highest BCUT2D eigenvalue weighted by molar-refractivity contribution is 5.11. The van der Waals surface area contributed by atoms with Crippen LogP contribution >= 0.6 is 0 Å². The van der Waals surface area contributed by atoms with Crippen molar-refractivity contribution in [2.24, 2.45) is 17.8 Å². The maximum Gasteiger partial charge on any atom is -0.0203 e. The Morgan fingerprint density at radius 1 is 1.20 bits per heavy atom. The van der Waals surface area contributed by atoms with Gasteiger partial charge in [-0.3, -0.25) is 0 Å². The summed E-state index contributed by atoms with van der Waals surface area (Å²) >= 11 is 0. The Labute approximate surface area is 94.5 Å². The van der Waals surface area contributed by atoms with Crippen LogP contribution < -0.4 is 0 Å². The third kappa shape index (κ3) is 2.74. The normalized spacial score (nSPS) is 37.1. The lowest BCUT2D eigenvalue weighted by Gasteiger charge is -2.31. The van der Waals surface area contributed by atoms with Crippen molar-refractivity contribution in [1.82, 2.24) is 0 Å². The molecule has 1 fully saturated rings. The largest absolute Gasteiger partial charge is 0.103 e. The molecule has 2 aliphatic rings. The summed E-state index contributed by atoms with van der Waals surface area (Å²) in [4.78, 5) is 0. The van der Waals surface area contributed by atoms with Gasteiger partial charge < -0.3 is 0 Å². The average molecular weight is 204 g/mol. The van der Waals surface area contributed by atoms with Gasteiger partial charge in [0.05, 0.1) is 0 Å². The van der Waals surface area contributed by atoms with E-state index in [0.717, 1.165) is 17.8 Å². The molecule has 0 aliphatic heterocycles. The van der Waals surface area contributed by atoms with Crippen molar-refractivity contribution < 1.29 is 0 Å². The first kappa shape index (κ1) is 11.0. The summed E-state index contributed by atoms with van der Waals surface area (Å²) in [6.45, 7) is 6.29. The van der Waals surface area contributed by atoms with Crippen LogP contribution in [0.4, 0.5) is 0 Å². The molecule has 0 spiro atoms. The maximum absolute atomic E-state index is 3.92. The molecule has 0 saturated heterocycles. The van der Waals surface area contributed by atoms with E-state index in [4.69, 9.17) is 0 Å². The van der Waals surface area contributed by atoms with E-state index in [1.165, 1.54) is 44.9 Å². The minimum atomic E-state index is 0.810. The summed E-state index contributed by atoms with van der Waals surface area (Å²) in [6, 6.07) is 0. The third-order valence-electron chi connectivity index (χ3n) is 4.34. The molecule has 1 atom stereocenters. The van der Waals surface area contributed by atoms with Crippen LogP contribution in [0.5, 0.6) is 0 Å². The van der Waals surface area contributed by atoms with Crippen molar-refractivity contribution in [3.05, 3.63) is 24.3 Å². The molecule has 0 heterocycles. The Kier molecular flexibility index (Phi) is 3.66. The molecule has 0 bridgehead atoms. The molecule has 0 aromatic carbocycles. The van der Waals surface area contributed by atoms with Gasteiger partial charge in [0.1, 0.15) is 0 Å². The van der Waals surface area contributed by atoms with E-state index in [0.29, 0.717) is 0 Å². The SMILES string of the molecule is C=CC1CCC(C2=CCC(C)CC2)CC1. The molecule has 1 saturated carbocycles. The van der Waals surface area contributed by atoms with E-state index in [1.807, 2.05) is 0 Å². The molecule has 0 aromatic rings. The highest BCUT2D eigenvalue weighted by Crippen LogP contribution is 2.38. The second-order valence-corrected chi connectivity index (χ2v) is 5.51. The first-order chi connectivity index (χ1) is 7.29. The zero-order valence-corrected chi connectivity index (χ0v) is 10.0. The van der Waals surface area contributed by atoms with Crippen LogP contribution in [0.2, 0.25) is 0 Å². The van der Waals surface area contributed by atoms with E-state index < -0.39 is 0 Å². The van der Waals surface area contributed by atoms with Gasteiger partial charge in [-0.1, -0.05) is 24.6 Å². The van der Waals surface area contributed by atoms with Crippen molar-refractivity contribution in [1.29, 1.82) is 0 Å². The smallest absolute Gasteiger partial charge is 0.0203 e. The molecule has 0 amide bonds. The molecule has 2 aliphatic carbocycles. The summed E-state index contributed by atoms with van der Waals surface area (Å²) in [6.07, 6.45) is 14.4. The van der Waals surface area contributed by atoms with Crippen molar-refractivity contribution >= 4 is 0 Å². The Balaban J connectivity index is 1.88. The highest BCUT2D eigenvalue weighted by atomic mass is 14.3. The molecule has 15 heavy (non-hydrogen) atoms. The number of rotatable bonds is 2. The van der Waals surface area contributed by atoms with Crippen LogP contribution in [0.3, 0.4) is 0 Å². The fraction of sp³-hybridized carbons (Fsp3) is 0.733. The van der Waals surface area contributed by atoms with Gasteiger partial charge in [-0.2, -0.15) is 0 Å². The summed E-state index contributed by atoms with van der Waals surface area (Å²) in [5, 5.41) is 0. The second kappa shape index (κ2) is 5.01. The van der Waals surface area contributed by atoms with E-state index in [-0.39, 0.29) is 0 Å². The molecule has 0 radical (unpaired) electrons. The Morgan fingerprint density at radius 2 is 1.93 bits per heavy atom. The van der Waals surface area contributed by atoms with Gasteiger partial charge in [0.15, 0.2) is 0 Å². The molecule has 1 unspecified atom stereocenters. The van der Waals surface area contributed by atoms with Crippen LogP contribution in [-0.4, -0.2) is 0 Å². The Bertz CT molecular complexity index is 241. The Hall–Kier alpha value is -0.520. The quantitative estimate of drug-likeness (QED) is 0.571. The Morgan fingerprint density at radius 3 is 2.47 bits per heavy atom. The van der Waals surface area contributed by atoms with Crippen molar-refractivity contribution in [2.45, 2.75) is 51.9 Å². The van der Waals surface area contributed by atoms with Gasteiger partial charge in [0.2, 0.25) is 0 Å². The molecular formula is C15H24. The molecule has 0 aromatic heterocycles. The summed E-state index contributed by atoms with van der Waals surface area (Å²) in [5.74, 6) is 2.66. The first-order valence-electron chi connectivity index (χ1n) is 6.61. The van der Waals surface area contributed by atoms with Crippen LogP contribution in [0.25, 0.3) is 0 Å². The van der Waals surface area contributed by atoms with E-state index in [9.17, 15) is 0 Å². The topological polar surface area (TPSA) is 0 Å². The van der Waals surface area contributed by atoms with Gasteiger partial charge in [0.25, 0.3) is 0 Å². The standard InChI is InChI=1S/C15H24/c1-3-13-6-10-15(11-7-13)14-8-4-12(2)5-9-14/h3,8,12-13,15H,1,4-7,9-11H2,2H3. The monoisotopic (exact) mass is 204 g/mol. The molecule has 2 rings (SSSR count). The van der Waals surface area contributed by atoms with Crippen LogP contribution in [0.15, 0.2) is 24.3 Å². The van der Waals surface area contributed by atoms with Crippen molar-refractivity contribution in [2.75, 3.05) is 0 Å². The van der Waals surface area contributed by atoms with Crippen LogP contribution in [0, 0.1) is 17.8 Å². The van der Waals surface area contributed by atoms with Crippen LogP contribution in [0.1, 0.15) is 51.9 Å². The second-order valence-electron chi connectivity index (χ2n) is 5.51. The number of hydrogen-bond acceptors (Lipinski definition) is 0. The summed E-state index contributed by atoms with van der Waals surface area (Å²) < 4.78 is 0. The predicted octanol–water partition coefficient (Wildman–Crippen LogP) is 4.73.